The van der Waals surface area contributed by atoms with Gasteiger partial charge in [-0.05, 0) is 48.4 Å². The molecule has 4 aromatic rings. The first-order valence-electron chi connectivity index (χ1n) is 11.5. The van der Waals surface area contributed by atoms with E-state index >= 15 is 0 Å². The van der Waals surface area contributed by atoms with Crippen molar-refractivity contribution in [2.24, 2.45) is 5.10 Å². The number of halogens is 1. The van der Waals surface area contributed by atoms with Gasteiger partial charge in [0.15, 0.2) is 0 Å². The first kappa shape index (κ1) is 22.9. The van der Waals surface area contributed by atoms with Gasteiger partial charge < -0.3 is 9.72 Å². The molecule has 0 fully saturated rings. The van der Waals surface area contributed by atoms with Crippen molar-refractivity contribution in [3.8, 4) is 16.9 Å². The highest BCUT2D eigenvalue weighted by Crippen LogP contribution is 2.38. The van der Waals surface area contributed by atoms with Gasteiger partial charge in [-0.25, -0.2) is 5.01 Å². The van der Waals surface area contributed by atoms with Gasteiger partial charge >= 0.3 is 0 Å². The van der Waals surface area contributed by atoms with Crippen molar-refractivity contribution in [3.05, 3.63) is 99.3 Å². The third-order valence-electron chi connectivity index (χ3n) is 6.11. The number of carbonyl (C=O) groups is 1. The number of hydrogen-bond donors (Lipinski definition) is 1. The molecule has 7 heteroatoms. The zero-order valence-corrected chi connectivity index (χ0v) is 20.2. The Kier molecular flexibility index (Phi) is 6.14. The zero-order valence-electron chi connectivity index (χ0n) is 19.4. The Bertz CT molecular complexity index is 1510. The fourth-order valence-corrected chi connectivity index (χ4v) is 4.81. The number of hydrazone groups is 1. The Hall–Kier alpha value is -3.90. The lowest BCUT2D eigenvalue weighted by atomic mass is 9.91. The minimum Gasteiger partial charge on any atom is -0.494 e. The van der Waals surface area contributed by atoms with E-state index in [-0.39, 0.29) is 17.5 Å². The van der Waals surface area contributed by atoms with Crippen LogP contribution in [0.1, 0.15) is 37.4 Å². The molecule has 0 unspecified atom stereocenters. The lowest BCUT2D eigenvalue weighted by Crippen LogP contribution is -2.24. The van der Waals surface area contributed by atoms with E-state index in [0.717, 1.165) is 27.8 Å². The van der Waals surface area contributed by atoms with Gasteiger partial charge in [-0.1, -0.05) is 54.1 Å². The number of aromatic nitrogens is 1. The topological polar surface area (TPSA) is 74.8 Å². The average Bonchev–Trinajstić information content (AvgIpc) is 3.30. The Morgan fingerprint density at radius 1 is 1.09 bits per heavy atom. The number of pyridine rings is 1. The van der Waals surface area contributed by atoms with E-state index < -0.39 is 0 Å². The van der Waals surface area contributed by atoms with Crippen molar-refractivity contribution in [3.63, 3.8) is 0 Å². The molecule has 1 aliphatic heterocycles. The first-order chi connectivity index (χ1) is 17.0. The molecular weight excluding hydrogens is 462 g/mol. The predicted molar refractivity (Wildman–Crippen MR) is 139 cm³/mol. The van der Waals surface area contributed by atoms with Crippen molar-refractivity contribution >= 4 is 34.1 Å². The summed E-state index contributed by atoms with van der Waals surface area (Å²) in [5, 5.41) is 7.51. The monoisotopic (exact) mass is 485 g/mol. The number of H-pyrrole nitrogens is 1. The molecule has 1 N–H and O–H groups in total. The third kappa shape index (κ3) is 4.33. The number of nitrogens with zero attached hydrogens (tertiary/aromatic N) is 2. The molecule has 0 saturated heterocycles. The van der Waals surface area contributed by atoms with Gasteiger partial charge in [0.1, 0.15) is 5.75 Å². The summed E-state index contributed by atoms with van der Waals surface area (Å²) < 4.78 is 5.66. The van der Waals surface area contributed by atoms with Gasteiger partial charge in [0.25, 0.3) is 5.56 Å². The first-order valence-corrected chi connectivity index (χ1v) is 11.9. The highest BCUT2D eigenvalue weighted by atomic mass is 35.5. The molecule has 0 aliphatic carbocycles. The van der Waals surface area contributed by atoms with Crippen molar-refractivity contribution in [2.75, 3.05) is 6.61 Å². The normalized spacial score (nSPS) is 15.3. The summed E-state index contributed by atoms with van der Waals surface area (Å²) in [5.41, 5.74) is 3.94. The molecule has 0 saturated carbocycles. The van der Waals surface area contributed by atoms with Gasteiger partial charge in [-0.3, -0.25) is 9.59 Å². The molecule has 1 atom stereocenters. The van der Waals surface area contributed by atoms with Crippen molar-refractivity contribution in [1.82, 2.24) is 9.99 Å². The van der Waals surface area contributed by atoms with E-state index in [4.69, 9.17) is 16.3 Å². The number of carbonyl (C=O) groups excluding carboxylic acids is 1. The number of aromatic amines is 1. The zero-order chi connectivity index (χ0) is 24.5. The Balaban J connectivity index is 1.70. The van der Waals surface area contributed by atoms with Gasteiger partial charge in [-0.15, -0.1) is 0 Å². The van der Waals surface area contributed by atoms with E-state index in [0.29, 0.717) is 34.8 Å². The van der Waals surface area contributed by atoms with E-state index in [1.165, 1.54) is 11.9 Å². The molecule has 0 spiro atoms. The second-order valence-corrected chi connectivity index (χ2v) is 8.83. The van der Waals surface area contributed by atoms with Crippen LogP contribution in [0.15, 0.2) is 82.7 Å². The summed E-state index contributed by atoms with van der Waals surface area (Å²) in [7, 11) is 0. The molecule has 2 heterocycles. The van der Waals surface area contributed by atoms with Crippen LogP contribution in [-0.2, 0) is 4.79 Å². The fourth-order valence-electron chi connectivity index (χ4n) is 4.63. The molecule has 0 radical (unpaired) electrons. The van der Waals surface area contributed by atoms with Gasteiger partial charge in [0.05, 0.1) is 23.9 Å². The summed E-state index contributed by atoms with van der Waals surface area (Å²) in [6.45, 7) is 3.95. The van der Waals surface area contributed by atoms with Crippen molar-refractivity contribution in [2.45, 2.75) is 26.3 Å². The number of hydrogen-bond acceptors (Lipinski definition) is 4. The maximum Gasteiger partial charge on any atom is 0.258 e. The van der Waals surface area contributed by atoms with Crippen LogP contribution in [0.3, 0.4) is 0 Å². The van der Waals surface area contributed by atoms with Crippen molar-refractivity contribution < 1.29 is 9.53 Å². The van der Waals surface area contributed by atoms with Gasteiger partial charge in [0.2, 0.25) is 5.91 Å². The molecule has 35 heavy (non-hydrogen) atoms. The Morgan fingerprint density at radius 3 is 2.63 bits per heavy atom. The highest BCUT2D eigenvalue weighted by molar-refractivity contribution is 6.31. The third-order valence-corrected chi connectivity index (χ3v) is 6.35. The van der Waals surface area contributed by atoms with Crippen LogP contribution in [0.2, 0.25) is 5.02 Å². The quantitative estimate of drug-likeness (QED) is 0.380. The smallest absolute Gasteiger partial charge is 0.258 e. The SMILES string of the molecule is CCOc1cccc([C@@H]2CC(c3c(-c4ccccc4)c4cc(Cl)ccc4[nH]c3=O)=NN2C(C)=O)c1. The lowest BCUT2D eigenvalue weighted by Gasteiger charge is -2.21. The number of benzene rings is 3. The van der Waals surface area contributed by atoms with Crippen LogP contribution < -0.4 is 10.3 Å². The number of fused-ring (bicyclic) bond motifs is 1. The molecule has 0 bridgehead atoms. The van der Waals surface area contributed by atoms with Crippen LogP contribution >= 0.6 is 11.6 Å². The number of amides is 1. The van der Waals surface area contributed by atoms with Crippen LogP contribution in [-0.4, -0.2) is 28.2 Å². The molecule has 3 aromatic carbocycles. The largest absolute Gasteiger partial charge is 0.494 e. The number of ether oxygens (including phenoxy) is 1. The highest BCUT2D eigenvalue weighted by Gasteiger charge is 2.34. The van der Waals surface area contributed by atoms with E-state index in [1.807, 2.05) is 67.6 Å². The average molecular weight is 486 g/mol. The Morgan fingerprint density at radius 2 is 1.89 bits per heavy atom. The predicted octanol–water partition coefficient (Wildman–Crippen LogP) is 5.94. The summed E-state index contributed by atoms with van der Waals surface area (Å²) in [6.07, 6.45) is 0.393. The molecule has 1 amide bonds. The van der Waals surface area contributed by atoms with E-state index in [1.54, 1.807) is 12.1 Å². The molecule has 1 aliphatic rings. The maximum atomic E-state index is 13.5. The summed E-state index contributed by atoms with van der Waals surface area (Å²) in [6, 6.07) is 22.4. The summed E-state index contributed by atoms with van der Waals surface area (Å²) in [4.78, 5) is 29.0. The standard InChI is InChI=1S/C28H24ClN3O3/c1-3-35-21-11-7-10-19(14-21)25-16-24(31-32(25)17(2)33)27-26(18-8-5-4-6-9-18)22-15-20(29)12-13-23(22)30-28(27)34/h4-15,25H,3,16H2,1-2H3,(H,30,34)/t25-/m0/s1. The van der Waals surface area contributed by atoms with E-state index in [2.05, 4.69) is 10.1 Å². The second kappa shape index (κ2) is 9.39. The van der Waals surface area contributed by atoms with E-state index in [9.17, 15) is 9.59 Å². The minimum absolute atomic E-state index is 0.201. The number of rotatable bonds is 5. The Labute approximate surface area is 207 Å². The van der Waals surface area contributed by atoms with Gasteiger partial charge in [0, 0.05) is 34.8 Å². The molecule has 1 aromatic heterocycles. The van der Waals surface area contributed by atoms with Gasteiger partial charge in [-0.2, -0.15) is 5.10 Å². The number of nitrogens with one attached hydrogen (secondary N) is 1. The van der Waals surface area contributed by atoms with Crippen LogP contribution in [0.25, 0.3) is 22.0 Å². The maximum absolute atomic E-state index is 13.5. The van der Waals surface area contributed by atoms with Crippen LogP contribution in [0.5, 0.6) is 5.75 Å². The molecule has 176 valence electrons. The fraction of sp³-hybridized carbons (Fsp3) is 0.179. The lowest BCUT2D eigenvalue weighted by molar-refractivity contribution is -0.130. The molecule has 6 nitrogen and oxygen atoms in total. The molecular formula is C28H24ClN3O3. The summed E-state index contributed by atoms with van der Waals surface area (Å²) in [5.74, 6) is 0.526. The van der Waals surface area contributed by atoms with Crippen LogP contribution in [0.4, 0.5) is 0 Å². The second-order valence-electron chi connectivity index (χ2n) is 8.40. The minimum atomic E-state index is -0.346. The van der Waals surface area contributed by atoms with Crippen LogP contribution in [0, 0.1) is 0 Å². The molecule has 5 rings (SSSR count). The van der Waals surface area contributed by atoms with Crippen molar-refractivity contribution in [1.29, 1.82) is 0 Å². The summed E-state index contributed by atoms with van der Waals surface area (Å²) >= 11 is 6.35.